The number of allylic oxidation sites excluding steroid dienone is 2. The summed E-state index contributed by atoms with van der Waals surface area (Å²) in [5.74, 6) is 5.48. The van der Waals surface area contributed by atoms with Crippen molar-refractivity contribution in [3.63, 3.8) is 0 Å². The first kappa shape index (κ1) is 15.8. The van der Waals surface area contributed by atoms with Gasteiger partial charge in [-0.25, -0.2) is 0 Å². The Bertz CT molecular complexity index is 737. The van der Waals surface area contributed by atoms with Crippen molar-refractivity contribution in [3.8, 4) is 30.0 Å². The lowest BCUT2D eigenvalue weighted by Crippen LogP contribution is -2.14. The van der Waals surface area contributed by atoms with Gasteiger partial charge in [-0.15, -0.1) is 0 Å². The van der Waals surface area contributed by atoms with Crippen LogP contribution in [0.2, 0.25) is 0 Å². The molecule has 0 unspecified atom stereocenters. The highest BCUT2D eigenvalue weighted by Gasteiger charge is 2.07. The van der Waals surface area contributed by atoms with E-state index in [-0.39, 0.29) is 11.3 Å². The smallest absolute Gasteiger partial charge is 0.163 e. The van der Waals surface area contributed by atoms with Gasteiger partial charge in [0.15, 0.2) is 5.57 Å². The average Bonchev–Trinajstić information content (AvgIpc) is 2.45. The molecular weight excluding hydrogens is 264 g/mol. The van der Waals surface area contributed by atoms with Crippen LogP contribution in [0.1, 0.15) is 19.4 Å². The fourth-order valence-corrected chi connectivity index (χ4v) is 1.33. The van der Waals surface area contributed by atoms with Gasteiger partial charge in [0.2, 0.25) is 0 Å². The molecule has 0 fully saturated rings. The fraction of sp³-hybridized carbons (Fsp3) is 0.188. The second kappa shape index (κ2) is 6.78. The van der Waals surface area contributed by atoms with Crippen molar-refractivity contribution in [1.29, 1.82) is 15.8 Å². The van der Waals surface area contributed by atoms with Gasteiger partial charge in [0.05, 0.1) is 0 Å². The predicted molar refractivity (Wildman–Crippen MR) is 77.1 cm³/mol. The molecule has 0 aliphatic carbocycles. The molecule has 0 radical (unpaired) electrons. The van der Waals surface area contributed by atoms with Crippen molar-refractivity contribution >= 4 is 5.69 Å². The van der Waals surface area contributed by atoms with E-state index in [0.717, 1.165) is 0 Å². The van der Waals surface area contributed by atoms with Crippen LogP contribution in [-0.2, 0) is 0 Å². The number of hydrogen-bond acceptors (Lipinski definition) is 5. The van der Waals surface area contributed by atoms with Crippen LogP contribution in [0.4, 0.5) is 5.69 Å². The van der Waals surface area contributed by atoms with Gasteiger partial charge in [-0.05, 0) is 32.0 Å². The zero-order valence-electron chi connectivity index (χ0n) is 11.6. The van der Waals surface area contributed by atoms with Gasteiger partial charge in [0.1, 0.15) is 29.5 Å². The maximum absolute atomic E-state index is 9.56. The van der Waals surface area contributed by atoms with E-state index in [9.17, 15) is 5.11 Å². The Morgan fingerprint density at radius 3 is 2.33 bits per heavy atom. The van der Waals surface area contributed by atoms with Gasteiger partial charge in [0, 0.05) is 11.3 Å². The van der Waals surface area contributed by atoms with E-state index >= 15 is 0 Å². The Morgan fingerprint density at radius 1 is 1.14 bits per heavy atom. The van der Waals surface area contributed by atoms with Crippen molar-refractivity contribution in [2.75, 3.05) is 5.32 Å². The Hall–Kier alpha value is -3.25. The molecule has 21 heavy (non-hydrogen) atoms. The van der Waals surface area contributed by atoms with E-state index in [1.807, 2.05) is 0 Å². The molecule has 5 heteroatoms. The number of benzene rings is 1. The summed E-state index contributed by atoms with van der Waals surface area (Å²) in [6.07, 6.45) is 0. The topological polar surface area (TPSA) is 104 Å². The molecular formula is C16H12N4O. The minimum absolute atomic E-state index is 0.118. The molecule has 1 rings (SSSR count). The Labute approximate surface area is 123 Å². The number of nitriles is 3. The lowest BCUT2D eigenvalue weighted by Gasteiger charge is -2.07. The van der Waals surface area contributed by atoms with Crippen molar-refractivity contribution in [2.45, 2.75) is 19.4 Å². The minimum atomic E-state index is -1.10. The van der Waals surface area contributed by atoms with Crippen LogP contribution in [-0.4, -0.2) is 10.7 Å². The highest BCUT2D eigenvalue weighted by atomic mass is 16.3. The largest absolute Gasteiger partial charge is 0.378 e. The van der Waals surface area contributed by atoms with E-state index in [2.05, 4.69) is 17.2 Å². The van der Waals surface area contributed by atoms with Crippen molar-refractivity contribution < 1.29 is 5.11 Å². The molecule has 0 aliphatic heterocycles. The molecule has 1 aromatic carbocycles. The Morgan fingerprint density at radius 2 is 1.81 bits per heavy atom. The van der Waals surface area contributed by atoms with E-state index in [1.165, 1.54) is 0 Å². The van der Waals surface area contributed by atoms with E-state index in [1.54, 1.807) is 56.3 Å². The van der Waals surface area contributed by atoms with Crippen molar-refractivity contribution in [3.05, 3.63) is 41.1 Å². The van der Waals surface area contributed by atoms with E-state index < -0.39 is 5.60 Å². The van der Waals surface area contributed by atoms with E-state index in [0.29, 0.717) is 11.3 Å². The van der Waals surface area contributed by atoms with Crippen LogP contribution in [0.25, 0.3) is 0 Å². The van der Waals surface area contributed by atoms with Gasteiger partial charge in [0.25, 0.3) is 0 Å². The van der Waals surface area contributed by atoms with Crippen LogP contribution < -0.4 is 5.32 Å². The maximum Gasteiger partial charge on any atom is 0.163 e. The van der Waals surface area contributed by atoms with Crippen molar-refractivity contribution in [1.82, 2.24) is 0 Å². The first-order valence-corrected chi connectivity index (χ1v) is 5.97. The fourth-order valence-electron chi connectivity index (χ4n) is 1.33. The highest BCUT2D eigenvalue weighted by molar-refractivity contribution is 5.60. The molecule has 0 heterocycles. The molecule has 2 N–H and O–H groups in total. The molecule has 0 atom stereocenters. The SMILES string of the molecule is CC(C)(O)C#Cc1cccc(NC(C#N)=C(C#N)C#N)c1. The molecule has 0 aromatic heterocycles. The van der Waals surface area contributed by atoms with Crippen LogP contribution in [0.15, 0.2) is 35.5 Å². The summed E-state index contributed by atoms with van der Waals surface area (Å²) >= 11 is 0. The van der Waals surface area contributed by atoms with Crippen LogP contribution in [0.5, 0.6) is 0 Å². The van der Waals surface area contributed by atoms with Gasteiger partial charge < -0.3 is 10.4 Å². The minimum Gasteiger partial charge on any atom is -0.378 e. The summed E-state index contributed by atoms with van der Waals surface area (Å²) in [7, 11) is 0. The molecule has 1 aromatic rings. The molecule has 0 aliphatic rings. The second-order valence-corrected chi connectivity index (χ2v) is 4.60. The molecule has 102 valence electrons. The lowest BCUT2D eigenvalue weighted by atomic mass is 10.1. The van der Waals surface area contributed by atoms with Crippen LogP contribution in [0.3, 0.4) is 0 Å². The predicted octanol–water partition coefficient (Wildman–Crippen LogP) is 2.05. The maximum atomic E-state index is 9.56. The van der Waals surface area contributed by atoms with Crippen molar-refractivity contribution in [2.24, 2.45) is 0 Å². The number of anilines is 1. The van der Waals surface area contributed by atoms with Gasteiger partial charge in [-0.2, -0.15) is 15.8 Å². The number of rotatable bonds is 2. The molecule has 0 saturated heterocycles. The molecule has 0 spiro atoms. The summed E-state index contributed by atoms with van der Waals surface area (Å²) in [5, 5.41) is 38.8. The van der Waals surface area contributed by atoms with E-state index in [4.69, 9.17) is 15.8 Å². The number of nitrogens with zero attached hydrogens (tertiary/aromatic N) is 3. The standard InChI is InChI=1S/C16H12N4O/c1-16(2,21)7-6-12-4-3-5-14(8-12)20-15(11-19)13(9-17)10-18/h3-5,8,20-21H,1-2H3. The lowest BCUT2D eigenvalue weighted by molar-refractivity contribution is 0.143. The Kier molecular flexibility index (Phi) is 5.11. The third-order valence-corrected chi connectivity index (χ3v) is 2.23. The van der Waals surface area contributed by atoms with Gasteiger partial charge in [-0.3, -0.25) is 0 Å². The van der Waals surface area contributed by atoms with Crippen LogP contribution in [0, 0.1) is 45.8 Å². The normalized spacial score (nSPS) is 9.14. The third-order valence-electron chi connectivity index (χ3n) is 2.23. The number of hydrogen-bond donors (Lipinski definition) is 2. The molecule has 0 bridgehead atoms. The van der Waals surface area contributed by atoms with Gasteiger partial charge in [-0.1, -0.05) is 17.9 Å². The highest BCUT2D eigenvalue weighted by Crippen LogP contribution is 2.14. The van der Waals surface area contributed by atoms with Crippen LogP contribution >= 0.6 is 0 Å². The first-order valence-electron chi connectivity index (χ1n) is 5.97. The zero-order valence-corrected chi connectivity index (χ0v) is 11.6. The third kappa shape index (κ3) is 5.09. The first-order chi connectivity index (χ1) is 9.89. The average molecular weight is 276 g/mol. The second-order valence-electron chi connectivity index (χ2n) is 4.60. The Balaban J connectivity index is 3.11. The zero-order chi connectivity index (χ0) is 15.9. The summed E-state index contributed by atoms with van der Waals surface area (Å²) in [6, 6.07) is 11.9. The van der Waals surface area contributed by atoms with Gasteiger partial charge >= 0.3 is 0 Å². The quantitative estimate of drug-likeness (QED) is 0.635. The summed E-state index contributed by atoms with van der Waals surface area (Å²) in [5.41, 5.74) is -0.347. The molecule has 0 saturated carbocycles. The summed E-state index contributed by atoms with van der Waals surface area (Å²) < 4.78 is 0. The summed E-state index contributed by atoms with van der Waals surface area (Å²) in [4.78, 5) is 0. The molecule has 0 amide bonds. The monoisotopic (exact) mass is 276 g/mol. The number of aliphatic hydroxyl groups is 1. The summed E-state index contributed by atoms with van der Waals surface area (Å²) in [6.45, 7) is 3.15. The molecule has 5 nitrogen and oxygen atoms in total. The number of nitrogens with one attached hydrogen (secondary N) is 1.